The fourth-order valence-corrected chi connectivity index (χ4v) is 2.05. The first-order valence-corrected chi connectivity index (χ1v) is 5.90. The topological polar surface area (TPSA) is 12.4 Å². The highest BCUT2D eigenvalue weighted by molar-refractivity contribution is 6.03. The number of allylic oxidation sites excluding steroid dienone is 1. The summed E-state index contributed by atoms with van der Waals surface area (Å²) in [5.41, 5.74) is 3.66. The Morgan fingerprint density at radius 2 is 1.94 bits per heavy atom. The number of aliphatic imine (C=N–C) groups is 1. The van der Waals surface area contributed by atoms with Crippen LogP contribution in [0.4, 0.5) is 4.39 Å². The minimum atomic E-state index is -0.154. The van der Waals surface area contributed by atoms with Crippen LogP contribution in [0.15, 0.2) is 29.3 Å². The highest BCUT2D eigenvalue weighted by atomic mass is 19.1. The third-order valence-corrected chi connectivity index (χ3v) is 3.03. The molecule has 1 nitrogen and oxygen atoms in total. The number of rotatable bonds is 1. The van der Waals surface area contributed by atoms with Crippen LogP contribution in [0.25, 0.3) is 5.57 Å². The molecule has 2 heteroatoms. The van der Waals surface area contributed by atoms with Gasteiger partial charge in [0.25, 0.3) is 0 Å². The quantitative estimate of drug-likeness (QED) is 0.693. The van der Waals surface area contributed by atoms with E-state index in [1.165, 1.54) is 0 Å². The Kier molecular flexibility index (Phi) is 2.90. The van der Waals surface area contributed by atoms with Gasteiger partial charge in [-0.2, -0.15) is 0 Å². The molecule has 1 aliphatic heterocycles. The summed E-state index contributed by atoms with van der Waals surface area (Å²) < 4.78 is 14.0. The van der Waals surface area contributed by atoms with Crippen molar-refractivity contribution in [3.8, 4) is 0 Å². The van der Waals surface area contributed by atoms with Crippen LogP contribution >= 0.6 is 0 Å². The molecule has 0 unspecified atom stereocenters. The molecule has 0 atom stereocenters. The van der Waals surface area contributed by atoms with E-state index in [1.54, 1.807) is 6.07 Å². The SMILES string of the molecule is CC1=NCC(c2ccc(C(C)(C)C)c(F)c2)=C1. The lowest BCUT2D eigenvalue weighted by molar-refractivity contribution is 0.522. The van der Waals surface area contributed by atoms with E-state index in [2.05, 4.69) is 4.99 Å². The summed E-state index contributed by atoms with van der Waals surface area (Å²) in [7, 11) is 0. The molecule has 0 fully saturated rings. The molecule has 0 radical (unpaired) electrons. The molecule has 2 rings (SSSR count). The molecule has 1 aliphatic rings. The summed E-state index contributed by atoms with van der Waals surface area (Å²) in [4.78, 5) is 4.30. The first-order chi connectivity index (χ1) is 7.88. The summed E-state index contributed by atoms with van der Waals surface area (Å²) in [5, 5.41) is 0. The standard InChI is InChI=1S/C15H18FN/c1-10-7-12(9-17-10)11-5-6-13(14(16)8-11)15(2,3)4/h5-8H,9H2,1-4H3. The molecule has 0 spiro atoms. The van der Waals surface area contributed by atoms with Gasteiger partial charge in [-0.05, 0) is 41.2 Å². The molecule has 90 valence electrons. The number of benzene rings is 1. The average molecular weight is 231 g/mol. The molecule has 0 aromatic heterocycles. The van der Waals surface area contributed by atoms with Gasteiger partial charge in [0.05, 0.1) is 6.54 Å². The highest BCUT2D eigenvalue weighted by Crippen LogP contribution is 2.28. The lowest BCUT2D eigenvalue weighted by atomic mass is 9.85. The van der Waals surface area contributed by atoms with Gasteiger partial charge in [-0.3, -0.25) is 4.99 Å². The second kappa shape index (κ2) is 4.10. The largest absolute Gasteiger partial charge is 0.285 e. The van der Waals surface area contributed by atoms with Gasteiger partial charge < -0.3 is 0 Å². The number of hydrogen-bond donors (Lipinski definition) is 0. The van der Waals surface area contributed by atoms with Gasteiger partial charge in [-0.1, -0.05) is 32.9 Å². The zero-order valence-corrected chi connectivity index (χ0v) is 10.8. The highest BCUT2D eigenvalue weighted by Gasteiger charge is 2.19. The van der Waals surface area contributed by atoms with E-state index in [-0.39, 0.29) is 11.2 Å². The fraction of sp³-hybridized carbons (Fsp3) is 0.400. The summed E-state index contributed by atoms with van der Waals surface area (Å²) >= 11 is 0. The van der Waals surface area contributed by atoms with Crippen molar-refractivity contribution in [1.82, 2.24) is 0 Å². The predicted octanol–water partition coefficient (Wildman–Crippen LogP) is 3.98. The van der Waals surface area contributed by atoms with Crippen molar-refractivity contribution < 1.29 is 4.39 Å². The Morgan fingerprint density at radius 1 is 1.24 bits per heavy atom. The Bertz CT molecular complexity index is 504. The Morgan fingerprint density at radius 3 is 2.41 bits per heavy atom. The summed E-state index contributed by atoms with van der Waals surface area (Å²) in [5.74, 6) is -0.125. The molecular formula is C15H18FN. The van der Waals surface area contributed by atoms with Crippen molar-refractivity contribution in [3.05, 3.63) is 41.2 Å². The maximum Gasteiger partial charge on any atom is 0.127 e. The maximum atomic E-state index is 14.0. The molecule has 0 saturated heterocycles. The molecular weight excluding hydrogens is 213 g/mol. The summed E-state index contributed by atoms with van der Waals surface area (Å²) in [6.07, 6.45) is 2.02. The van der Waals surface area contributed by atoms with E-state index in [0.29, 0.717) is 6.54 Å². The molecule has 0 bridgehead atoms. The third-order valence-electron chi connectivity index (χ3n) is 3.03. The van der Waals surface area contributed by atoms with Crippen LogP contribution in [0.5, 0.6) is 0 Å². The summed E-state index contributed by atoms with van der Waals surface area (Å²) in [6, 6.07) is 5.50. The van der Waals surface area contributed by atoms with Crippen LogP contribution in [0.1, 0.15) is 38.8 Å². The second-order valence-corrected chi connectivity index (χ2v) is 5.57. The molecule has 1 aromatic carbocycles. The van der Waals surface area contributed by atoms with Crippen LogP contribution in [-0.2, 0) is 5.41 Å². The smallest absolute Gasteiger partial charge is 0.127 e. The maximum absolute atomic E-state index is 14.0. The van der Waals surface area contributed by atoms with E-state index < -0.39 is 0 Å². The van der Waals surface area contributed by atoms with E-state index in [4.69, 9.17) is 0 Å². The Hall–Kier alpha value is -1.44. The van der Waals surface area contributed by atoms with Crippen molar-refractivity contribution >= 4 is 11.3 Å². The van der Waals surface area contributed by atoms with Crippen molar-refractivity contribution in [2.24, 2.45) is 4.99 Å². The van der Waals surface area contributed by atoms with Gasteiger partial charge in [-0.15, -0.1) is 0 Å². The summed E-state index contributed by atoms with van der Waals surface area (Å²) in [6.45, 7) is 8.70. The van der Waals surface area contributed by atoms with Crippen molar-refractivity contribution in [2.75, 3.05) is 6.54 Å². The van der Waals surface area contributed by atoms with Crippen molar-refractivity contribution in [3.63, 3.8) is 0 Å². The lowest BCUT2D eigenvalue weighted by Gasteiger charge is -2.20. The van der Waals surface area contributed by atoms with Crippen molar-refractivity contribution in [2.45, 2.75) is 33.1 Å². The molecule has 0 amide bonds. The van der Waals surface area contributed by atoms with E-state index in [1.807, 2.05) is 45.9 Å². The first-order valence-electron chi connectivity index (χ1n) is 5.90. The minimum Gasteiger partial charge on any atom is -0.285 e. The zero-order chi connectivity index (χ0) is 12.6. The fourth-order valence-electron chi connectivity index (χ4n) is 2.05. The predicted molar refractivity (Wildman–Crippen MR) is 71.1 cm³/mol. The molecule has 1 aromatic rings. The van der Waals surface area contributed by atoms with Gasteiger partial charge >= 0.3 is 0 Å². The molecule has 17 heavy (non-hydrogen) atoms. The van der Waals surface area contributed by atoms with Crippen LogP contribution in [0.3, 0.4) is 0 Å². The van der Waals surface area contributed by atoms with Gasteiger partial charge in [0.2, 0.25) is 0 Å². The average Bonchev–Trinajstić information content (AvgIpc) is 2.62. The van der Waals surface area contributed by atoms with Crippen LogP contribution in [-0.4, -0.2) is 12.3 Å². The number of hydrogen-bond acceptors (Lipinski definition) is 1. The number of nitrogens with zero attached hydrogens (tertiary/aromatic N) is 1. The van der Waals surface area contributed by atoms with Gasteiger partial charge in [-0.25, -0.2) is 4.39 Å². The second-order valence-electron chi connectivity index (χ2n) is 5.57. The molecule has 0 aliphatic carbocycles. The molecule has 1 heterocycles. The van der Waals surface area contributed by atoms with Gasteiger partial charge in [0.1, 0.15) is 5.82 Å². The zero-order valence-electron chi connectivity index (χ0n) is 10.8. The lowest BCUT2D eigenvalue weighted by Crippen LogP contribution is -2.13. The number of halogens is 1. The van der Waals surface area contributed by atoms with Gasteiger partial charge in [0.15, 0.2) is 0 Å². The minimum absolute atomic E-state index is 0.125. The van der Waals surface area contributed by atoms with Crippen LogP contribution in [0.2, 0.25) is 0 Å². The monoisotopic (exact) mass is 231 g/mol. The van der Waals surface area contributed by atoms with E-state index >= 15 is 0 Å². The normalized spacial score (nSPS) is 15.8. The first kappa shape index (κ1) is 12.0. The van der Waals surface area contributed by atoms with Gasteiger partial charge in [0, 0.05) is 5.71 Å². The Labute approximate surface area is 102 Å². The molecule has 0 N–H and O–H groups in total. The van der Waals surface area contributed by atoms with E-state index in [0.717, 1.165) is 22.4 Å². The Balaban J connectivity index is 2.36. The third kappa shape index (κ3) is 2.46. The van der Waals surface area contributed by atoms with Crippen molar-refractivity contribution in [1.29, 1.82) is 0 Å². The van der Waals surface area contributed by atoms with Crippen LogP contribution < -0.4 is 0 Å². The van der Waals surface area contributed by atoms with Crippen LogP contribution in [0, 0.1) is 5.82 Å². The van der Waals surface area contributed by atoms with E-state index in [9.17, 15) is 4.39 Å². The molecule has 0 saturated carbocycles.